The van der Waals surface area contributed by atoms with Crippen molar-refractivity contribution >= 4 is 18.0 Å². The first-order valence-corrected chi connectivity index (χ1v) is 10.8. The number of carbonyl (C=O) groups excluding carboxylic acids is 2. The molecule has 0 atom stereocenters. The highest BCUT2D eigenvalue weighted by molar-refractivity contribution is 6.01. The standard InChI is InChI=1S/C23H29FN6O4/c1-14-26-15(2)30(28-14)18-10-17(24)7-6-16(18)11-25-21(33)20(19(32)12-31)27-22-23(3,4)13-34-9-8-29(22)5/h6-7,10,12,32H,8-9,11,13H2,1-5H3,(H,25,33)/b20-19+,27-22-. The second-order valence-electron chi connectivity index (χ2n) is 8.72. The number of hydrogen-bond acceptors (Lipinski definition) is 7. The van der Waals surface area contributed by atoms with Crippen LogP contribution in [-0.4, -0.2) is 69.6 Å². The number of hydrogen-bond donors (Lipinski definition) is 2. The van der Waals surface area contributed by atoms with Gasteiger partial charge in [0.1, 0.15) is 23.3 Å². The third-order valence-corrected chi connectivity index (χ3v) is 5.38. The number of rotatable bonds is 6. The minimum absolute atomic E-state index is 0.0321. The molecule has 1 fully saturated rings. The third kappa shape index (κ3) is 5.48. The van der Waals surface area contributed by atoms with Gasteiger partial charge in [0, 0.05) is 25.6 Å². The molecule has 0 radical (unpaired) electrons. The van der Waals surface area contributed by atoms with E-state index < -0.39 is 28.6 Å². The van der Waals surface area contributed by atoms with E-state index in [0.717, 1.165) is 0 Å². The summed E-state index contributed by atoms with van der Waals surface area (Å²) in [6.07, 6.45) is 0.171. The lowest BCUT2D eigenvalue weighted by Gasteiger charge is -2.29. The minimum atomic E-state index is -0.790. The van der Waals surface area contributed by atoms with Gasteiger partial charge in [-0.25, -0.2) is 19.0 Å². The number of aliphatic imine (C=N–C) groups is 1. The summed E-state index contributed by atoms with van der Waals surface area (Å²) in [5, 5.41) is 17.1. The van der Waals surface area contributed by atoms with Crippen LogP contribution in [0.5, 0.6) is 0 Å². The number of halogens is 1. The van der Waals surface area contributed by atoms with Crippen LogP contribution in [0.3, 0.4) is 0 Å². The number of amides is 1. The lowest BCUT2D eigenvalue weighted by molar-refractivity contribution is -0.118. The molecule has 10 nitrogen and oxygen atoms in total. The molecule has 2 N–H and O–H groups in total. The van der Waals surface area contributed by atoms with E-state index in [2.05, 4.69) is 20.4 Å². The van der Waals surface area contributed by atoms with Crippen LogP contribution < -0.4 is 5.32 Å². The van der Waals surface area contributed by atoms with Crippen LogP contribution in [0.4, 0.5) is 4.39 Å². The van der Waals surface area contributed by atoms with E-state index in [4.69, 9.17) is 4.74 Å². The Morgan fingerprint density at radius 2 is 2.12 bits per heavy atom. The molecule has 0 saturated carbocycles. The number of nitrogens with one attached hydrogen (secondary N) is 1. The Kier molecular flexibility index (Phi) is 7.45. The number of benzene rings is 1. The Bertz CT molecular complexity index is 1150. The lowest BCUT2D eigenvalue weighted by Crippen LogP contribution is -2.40. The van der Waals surface area contributed by atoms with Crippen molar-refractivity contribution < 1.29 is 23.8 Å². The number of likely N-dealkylation sites (N-methyl/N-ethyl adjacent to an activating group) is 1. The predicted octanol–water partition coefficient (Wildman–Crippen LogP) is 1.99. The normalized spacial score (nSPS) is 17.8. The summed E-state index contributed by atoms with van der Waals surface area (Å²) < 4.78 is 21.1. The fourth-order valence-electron chi connectivity index (χ4n) is 3.73. The van der Waals surface area contributed by atoms with E-state index in [-0.39, 0.29) is 12.8 Å². The lowest BCUT2D eigenvalue weighted by atomic mass is 9.92. The van der Waals surface area contributed by atoms with Crippen LogP contribution in [0.1, 0.15) is 31.1 Å². The molecule has 182 valence electrons. The second kappa shape index (κ2) is 10.1. The number of nitrogens with zero attached hydrogens (tertiary/aromatic N) is 5. The van der Waals surface area contributed by atoms with E-state index in [1.807, 2.05) is 18.7 Å². The molecule has 0 spiro atoms. The van der Waals surface area contributed by atoms with E-state index >= 15 is 0 Å². The quantitative estimate of drug-likeness (QED) is 0.375. The molecule has 1 aromatic carbocycles. The van der Waals surface area contributed by atoms with Gasteiger partial charge in [0.2, 0.25) is 0 Å². The molecule has 1 aliphatic heterocycles. The Morgan fingerprint density at radius 1 is 1.38 bits per heavy atom. The fraction of sp³-hybridized carbons (Fsp3) is 0.435. The first-order valence-electron chi connectivity index (χ1n) is 10.8. The van der Waals surface area contributed by atoms with Gasteiger partial charge in [0.05, 0.1) is 18.9 Å². The van der Waals surface area contributed by atoms with Gasteiger partial charge in [-0.3, -0.25) is 9.59 Å². The van der Waals surface area contributed by atoms with Gasteiger partial charge in [-0.15, -0.1) is 0 Å². The van der Waals surface area contributed by atoms with Crippen molar-refractivity contribution in [2.24, 2.45) is 10.4 Å². The van der Waals surface area contributed by atoms with Gasteiger partial charge in [0.25, 0.3) is 5.91 Å². The van der Waals surface area contributed by atoms with Crippen LogP contribution in [0, 0.1) is 25.1 Å². The fourth-order valence-corrected chi connectivity index (χ4v) is 3.73. The highest BCUT2D eigenvalue weighted by Gasteiger charge is 2.32. The van der Waals surface area contributed by atoms with Crippen molar-refractivity contribution in [3.8, 4) is 5.69 Å². The van der Waals surface area contributed by atoms with Crippen molar-refractivity contribution in [1.82, 2.24) is 25.0 Å². The molecule has 1 saturated heterocycles. The largest absolute Gasteiger partial charge is 0.503 e. The minimum Gasteiger partial charge on any atom is -0.503 e. The summed E-state index contributed by atoms with van der Waals surface area (Å²) in [5.74, 6) is -0.437. The van der Waals surface area contributed by atoms with Gasteiger partial charge < -0.3 is 20.1 Å². The Balaban J connectivity index is 1.92. The zero-order valence-electron chi connectivity index (χ0n) is 19.9. The molecule has 2 aromatic rings. The second-order valence-corrected chi connectivity index (χ2v) is 8.72. The van der Waals surface area contributed by atoms with Crippen LogP contribution in [-0.2, 0) is 20.9 Å². The number of aliphatic hydroxyl groups is 1. The van der Waals surface area contributed by atoms with Crippen molar-refractivity contribution in [3.05, 3.63) is 52.7 Å². The maximum atomic E-state index is 14.0. The van der Waals surface area contributed by atoms with Crippen LogP contribution in [0.15, 0.2) is 34.6 Å². The number of aryl methyl sites for hydroxylation is 2. The molecule has 2 heterocycles. The molecule has 0 aliphatic carbocycles. The number of aliphatic hydroxyl groups excluding tert-OH is 1. The smallest absolute Gasteiger partial charge is 0.274 e. The predicted molar refractivity (Wildman–Crippen MR) is 123 cm³/mol. The summed E-state index contributed by atoms with van der Waals surface area (Å²) in [4.78, 5) is 34.8. The molecular formula is C23H29FN6O4. The highest BCUT2D eigenvalue weighted by atomic mass is 19.1. The van der Waals surface area contributed by atoms with E-state index in [0.29, 0.717) is 48.5 Å². The zero-order chi connectivity index (χ0) is 25.0. The number of carbonyl (C=O) groups is 2. The Labute approximate surface area is 197 Å². The number of aldehydes is 1. The molecular weight excluding hydrogens is 443 g/mol. The van der Waals surface area contributed by atoms with Crippen molar-refractivity contribution in [1.29, 1.82) is 0 Å². The summed E-state index contributed by atoms with van der Waals surface area (Å²) in [6, 6.07) is 4.09. The van der Waals surface area contributed by atoms with E-state index in [1.165, 1.54) is 22.9 Å². The average molecular weight is 473 g/mol. The van der Waals surface area contributed by atoms with Gasteiger partial charge in [-0.2, -0.15) is 5.10 Å². The average Bonchev–Trinajstić information content (AvgIpc) is 3.06. The molecule has 0 bridgehead atoms. The van der Waals surface area contributed by atoms with E-state index in [1.54, 1.807) is 20.9 Å². The first kappa shape index (κ1) is 25.0. The molecule has 11 heteroatoms. The zero-order valence-corrected chi connectivity index (χ0v) is 19.9. The highest BCUT2D eigenvalue weighted by Crippen LogP contribution is 2.25. The number of ether oxygens (including phenoxy) is 1. The van der Waals surface area contributed by atoms with Gasteiger partial charge >= 0.3 is 0 Å². The maximum Gasteiger partial charge on any atom is 0.274 e. The third-order valence-electron chi connectivity index (χ3n) is 5.38. The SMILES string of the molecule is Cc1nc(C)n(-c2cc(F)ccc2CNC(=O)C(/N=C2\N(C)CCOCC2(C)C)=C(\O)C=O)n1. The van der Waals surface area contributed by atoms with Crippen molar-refractivity contribution in [3.63, 3.8) is 0 Å². The number of amidine groups is 1. The van der Waals surface area contributed by atoms with Crippen LogP contribution in [0.25, 0.3) is 5.69 Å². The summed E-state index contributed by atoms with van der Waals surface area (Å²) in [6.45, 7) is 8.61. The van der Waals surface area contributed by atoms with E-state index in [9.17, 15) is 19.1 Å². The summed E-state index contributed by atoms with van der Waals surface area (Å²) in [5.41, 5.74) is -0.00687. The van der Waals surface area contributed by atoms with Gasteiger partial charge in [0.15, 0.2) is 17.7 Å². The van der Waals surface area contributed by atoms with Crippen LogP contribution >= 0.6 is 0 Å². The Hall–Kier alpha value is -3.60. The molecule has 1 amide bonds. The molecule has 0 unspecified atom stereocenters. The number of allylic oxidation sites excluding steroid dienone is 1. The van der Waals surface area contributed by atoms with Crippen molar-refractivity contribution in [2.75, 3.05) is 26.8 Å². The van der Waals surface area contributed by atoms with Gasteiger partial charge in [-0.1, -0.05) is 19.9 Å². The number of aromatic nitrogens is 3. The Morgan fingerprint density at radius 3 is 2.76 bits per heavy atom. The maximum absolute atomic E-state index is 14.0. The summed E-state index contributed by atoms with van der Waals surface area (Å²) >= 11 is 0. The first-order chi connectivity index (χ1) is 16.0. The van der Waals surface area contributed by atoms with Gasteiger partial charge in [-0.05, 0) is 31.5 Å². The monoisotopic (exact) mass is 472 g/mol. The summed E-state index contributed by atoms with van der Waals surface area (Å²) in [7, 11) is 1.80. The van der Waals surface area contributed by atoms with Crippen LogP contribution in [0.2, 0.25) is 0 Å². The topological polar surface area (TPSA) is 122 Å². The molecule has 34 heavy (non-hydrogen) atoms. The molecule has 3 rings (SSSR count). The molecule has 1 aromatic heterocycles. The molecule has 1 aliphatic rings. The van der Waals surface area contributed by atoms with Crippen molar-refractivity contribution in [2.45, 2.75) is 34.2 Å².